The highest BCUT2D eigenvalue weighted by molar-refractivity contribution is 5.06. The topological polar surface area (TPSA) is 56.1 Å². The maximum Gasteiger partial charge on any atom is 0.313 e. The second-order valence-corrected chi connectivity index (χ2v) is 4.62. The molecule has 1 aliphatic rings. The van der Waals surface area contributed by atoms with Crippen molar-refractivity contribution in [1.29, 1.82) is 0 Å². The van der Waals surface area contributed by atoms with Gasteiger partial charge in [-0.1, -0.05) is 0 Å². The molecule has 17 heavy (non-hydrogen) atoms. The Hall–Kier alpha value is -1.36. The quantitative estimate of drug-likeness (QED) is 0.850. The predicted molar refractivity (Wildman–Crippen MR) is 65.4 cm³/mol. The van der Waals surface area contributed by atoms with Crippen molar-refractivity contribution < 1.29 is 4.74 Å². The number of rotatable bonds is 3. The SMILES string of the molecule is CC(C)n1ccnc(O[C@H]2CCCNC2)c1=O. The highest BCUT2D eigenvalue weighted by Gasteiger charge is 2.17. The van der Waals surface area contributed by atoms with Crippen LogP contribution in [0.2, 0.25) is 0 Å². The molecule has 1 aromatic rings. The number of ether oxygens (including phenoxy) is 1. The zero-order valence-corrected chi connectivity index (χ0v) is 10.3. The number of hydrogen-bond acceptors (Lipinski definition) is 4. The van der Waals surface area contributed by atoms with Gasteiger partial charge in [-0.2, -0.15) is 0 Å². The Kier molecular flexibility index (Phi) is 3.78. The lowest BCUT2D eigenvalue weighted by Gasteiger charge is -2.23. The summed E-state index contributed by atoms with van der Waals surface area (Å²) in [6, 6.07) is 0.123. The average Bonchev–Trinajstić information content (AvgIpc) is 2.33. The molecule has 0 aromatic carbocycles. The smallest absolute Gasteiger partial charge is 0.313 e. The molecule has 5 nitrogen and oxygen atoms in total. The van der Waals surface area contributed by atoms with Crippen molar-refractivity contribution in [2.24, 2.45) is 0 Å². The number of nitrogens with one attached hydrogen (secondary N) is 1. The van der Waals surface area contributed by atoms with Crippen LogP contribution in [0.25, 0.3) is 0 Å². The van der Waals surface area contributed by atoms with Gasteiger partial charge in [0.15, 0.2) is 0 Å². The van der Waals surface area contributed by atoms with Crippen LogP contribution in [0, 0.1) is 0 Å². The zero-order valence-electron chi connectivity index (χ0n) is 10.3. The van der Waals surface area contributed by atoms with Crippen LogP contribution in [0.3, 0.4) is 0 Å². The molecule has 1 aliphatic heterocycles. The van der Waals surface area contributed by atoms with E-state index >= 15 is 0 Å². The Morgan fingerprint density at radius 1 is 1.59 bits per heavy atom. The lowest BCUT2D eigenvalue weighted by atomic mass is 10.1. The first-order chi connectivity index (χ1) is 8.18. The summed E-state index contributed by atoms with van der Waals surface area (Å²) in [7, 11) is 0. The van der Waals surface area contributed by atoms with Crippen LogP contribution in [0.5, 0.6) is 5.88 Å². The van der Waals surface area contributed by atoms with Crippen molar-refractivity contribution in [1.82, 2.24) is 14.9 Å². The molecule has 0 radical (unpaired) electrons. The monoisotopic (exact) mass is 237 g/mol. The second-order valence-electron chi connectivity index (χ2n) is 4.62. The predicted octanol–water partition coefficient (Wildman–Crippen LogP) is 0.955. The van der Waals surface area contributed by atoms with Crippen LogP contribution < -0.4 is 15.6 Å². The Labute approximate surface area is 101 Å². The molecular weight excluding hydrogens is 218 g/mol. The third-order valence-electron chi connectivity index (χ3n) is 2.92. The minimum Gasteiger partial charge on any atom is -0.469 e. The maximum absolute atomic E-state index is 12.0. The van der Waals surface area contributed by atoms with Crippen LogP contribution >= 0.6 is 0 Å². The van der Waals surface area contributed by atoms with E-state index in [1.165, 1.54) is 0 Å². The fourth-order valence-corrected chi connectivity index (χ4v) is 1.97. The second kappa shape index (κ2) is 5.31. The maximum atomic E-state index is 12.0. The minimum absolute atomic E-state index is 0.0620. The van der Waals surface area contributed by atoms with Gasteiger partial charge in [-0.15, -0.1) is 0 Å². The molecule has 1 aromatic heterocycles. The average molecular weight is 237 g/mol. The van der Waals surface area contributed by atoms with Crippen molar-refractivity contribution in [2.45, 2.75) is 38.8 Å². The normalized spacial score (nSPS) is 20.5. The van der Waals surface area contributed by atoms with Gasteiger partial charge in [-0.3, -0.25) is 4.79 Å². The molecule has 0 amide bonds. The third kappa shape index (κ3) is 2.85. The highest BCUT2D eigenvalue weighted by Crippen LogP contribution is 2.10. The van der Waals surface area contributed by atoms with E-state index in [0.29, 0.717) is 0 Å². The zero-order chi connectivity index (χ0) is 12.3. The molecule has 94 valence electrons. The minimum atomic E-state index is -0.145. The van der Waals surface area contributed by atoms with Crippen LogP contribution in [0.15, 0.2) is 17.2 Å². The molecule has 0 aliphatic carbocycles. The first-order valence-electron chi connectivity index (χ1n) is 6.13. The summed E-state index contributed by atoms with van der Waals surface area (Å²) in [5.41, 5.74) is -0.145. The first-order valence-corrected chi connectivity index (χ1v) is 6.13. The van der Waals surface area contributed by atoms with Gasteiger partial charge >= 0.3 is 5.56 Å². The summed E-state index contributed by atoms with van der Waals surface area (Å²) in [4.78, 5) is 16.1. The summed E-state index contributed by atoms with van der Waals surface area (Å²) in [5.74, 6) is 0.218. The van der Waals surface area contributed by atoms with E-state index in [0.717, 1.165) is 25.9 Å². The van der Waals surface area contributed by atoms with E-state index in [9.17, 15) is 4.79 Å². The van der Waals surface area contributed by atoms with E-state index in [2.05, 4.69) is 10.3 Å². The fourth-order valence-electron chi connectivity index (χ4n) is 1.97. The van der Waals surface area contributed by atoms with Crippen LogP contribution in [0.1, 0.15) is 32.7 Å². The molecule has 1 N–H and O–H groups in total. The number of nitrogens with zero attached hydrogens (tertiary/aromatic N) is 2. The van der Waals surface area contributed by atoms with Gasteiger partial charge in [0.1, 0.15) is 6.10 Å². The summed E-state index contributed by atoms with van der Waals surface area (Å²) < 4.78 is 7.31. The molecule has 2 heterocycles. The molecule has 0 unspecified atom stereocenters. The van der Waals surface area contributed by atoms with Crippen LogP contribution in [0.4, 0.5) is 0 Å². The first kappa shape index (κ1) is 12.1. The van der Waals surface area contributed by atoms with Gasteiger partial charge in [-0.25, -0.2) is 4.98 Å². The van der Waals surface area contributed by atoms with Gasteiger partial charge in [0.05, 0.1) is 0 Å². The number of hydrogen-bond donors (Lipinski definition) is 1. The van der Waals surface area contributed by atoms with Crippen molar-refractivity contribution in [3.8, 4) is 5.88 Å². The van der Waals surface area contributed by atoms with Gasteiger partial charge in [0, 0.05) is 25.0 Å². The molecule has 0 spiro atoms. The van der Waals surface area contributed by atoms with Crippen molar-refractivity contribution in [2.75, 3.05) is 13.1 Å². The van der Waals surface area contributed by atoms with Gasteiger partial charge in [0.2, 0.25) is 0 Å². The fraction of sp³-hybridized carbons (Fsp3) is 0.667. The summed E-state index contributed by atoms with van der Waals surface area (Å²) in [5, 5.41) is 3.25. The Bertz CT molecular complexity index is 422. The van der Waals surface area contributed by atoms with Crippen LogP contribution in [-0.4, -0.2) is 28.7 Å². The lowest BCUT2D eigenvalue weighted by molar-refractivity contribution is 0.156. The molecule has 2 rings (SSSR count). The van der Waals surface area contributed by atoms with Gasteiger partial charge < -0.3 is 14.6 Å². The Balaban J connectivity index is 2.15. The third-order valence-corrected chi connectivity index (χ3v) is 2.92. The Morgan fingerprint density at radius 3 is 3.06 bits per heavy atom. The highest BCUT2D eigenvalue weighted by atomic mass is 16.5. The van der Waals surface area contributed by atoms with E-state index in [4.69, 9.17) is 4.74 Å². The molecule has 0 bridgehead atoms. The molecule has 0 saturated carbocycles. The van der Waals surface area contributed by atoms with E-state index < -0.39 is 0 Å². The van der Waals surface area contributed by atoms with Gasteiger partial charge in [-0.05, 0) is 33.2 Å². The van der Waals surface area contributed by atoms with Crippen molar-refractivity contribution in [3.05, 3.63) is 22.7 Å². The van der Waals surface area contributed by atoms with Crippen LogP contribution in [-0.2, 0) is 0 Å². The largest absolute Gasteiger partial charge is 0.469 e. The molecule has 1 saturated heterocycles. The van der Waals surface area contributed by atoms with Crippen molar-refractivity contribution in [3.63, 3.8) is 0 Å². The molecule has 1 atom stereocenters. The molecule has 5 heteroatoms. The summed E-state index contributed by atoms with van der Waals surface area (Å²) >= 11 is 0. The number of piperidine rings is 1. The molecule has 1 fully saturated rings. The Morgan fingerprint density at radius 2 is 2.41 bits per heavy atom. The molecular formula is C12H19N3O2. The van der Waals surface area contributed by atoms with E-state index in [1.807, 2.05) is 13.8 Å². The summed E-state index contributed by atoms with van der Waals surface area (Å²) in [6.45, 7) is 5.75. The van der Waals surface area contributed by atoms with E-state index in [-0.39, 0.29) is 23.6 Å². The number of aromatic nitrogens is 2. The standard InChI is InChI=1S/C12H19N3O2/c1-9(2)15-7-6-14-11(12(15)16)17-10-4-3-5-13-8-10/h6-7,9-10,13H,3-5,8H2,1-2H3/t10-/m0/s1. The lowest BCUT2D eigenvalue weighted by Crippen LogP contribution is -2.39. The van der Waals surface area contributed by atoms with Crippen molar-refractivity contribution >= 4 is 0 Å². The van der Waals surface area contributed by atoms with E-state index in [1.54, 1.807) is 17.0 Å². The summed E-state index contributed by atoms with van der Waals surface area (Å²) in [6.07, 6.45) is 5.43. The van der Waals surface area contributed by atoms with Gasteiger partial charge in [0.25, 0.3) is 5.88 Å².